The average molecular weight is 410 g/mol. The molecule has 0 heterocycles. The summed E-state index contributed by atoms with van der Waals surface area (Å²) in [6, 6.07) is 4.24. The largest absolute Gasteiger partial charge is 0.416 e. The average Bonchev–Trinajstić information content (AvgIpc) is 2.49. The van der Waals surface area contributed by atoms with E-state index in [2.05, 4.69) is 38.6 Å². The van der Waals surface area contributed by atoms with Crippen LogP contribution < -0.4 is 4.72 Å². The highest BCUT2D eigenvalue weighted by Crippen LogP contribution is 2.36. The molecule has 0 bridgehead atoms. The number of halogens is 3. The van der Waals surface area contributed by atoms with Gasteiger partial charge in [-0.1, -0.05) is 34.6 Å². The summed E-state index contributed by atoms with van der Waals surface area (Å²) in [5.74, 6) is 0.165. The Morgan fingerprint density at radius 3 is 2.00 bits per heavy atom. The SMILES string of the molecule is CC(C)[C@H](CO[Si](C)(C)C(C)(C)C)N[S@@](=O)c1ccc(C(F)(F)F)cc1. The van der Waals surface area contributed by atoms with E-state index in [0.717, 1.165) is 12.1 Å². The molecular weight excluding hydrogens is 379 g/mol. The Balaban J connectivity index is 2.80. The minimum Gasteiger partial charge on any atom is -0.415 e. The van der Waals surface area contributed by atoms with E-state index in [1.54, 1.807) is 0 Å². The molecule has 1 aromatic rings. The van der Waals surface area contributed by atoms with Crippen LogP contribution in [0.15, 0.2) is 29.2 Å². The van der Waals surface area contributed by atoms with Crippen molar-refractivity contribution in [1.82, 2.24) is 4.72 Å². The van der Waals surface area contributed by atoms with Gasteiger partial charge in [-0.3, -0.25) is 0 Å². The fourth-order valence-electron chi connectivity index (χ4n) is 1.85. The molecule has 0 radical (unpaired) electrons. The van der Waals surface area contributed by atoms with Crippen LogP contribution in [0, 0.1) is 5.92 Å². The second kappa shape index (κ2) is 8.54. The maximum atomic E-state index is 12.6. The topological polar surface area (TPSA) is 38.3 Å². The van der Waals surface area contributed by atoms with Gasteiger partial charge in [0.1, 0.15) is 11.0 Å². The van der Waals surface area contributed by atoms with Crippen LogP contribution in [-0.2, 0) is 21.6 Å². The molecule has 0 spiro atoms. The highest BCUT2D eigenvalue weighted by Gasteiger charge is 2.38. The first-order valence-corrected chi connectivity index (χ1v) is 12.7. The minimum atomic E-state index is -4.40. The third-order valence-electron chi connectivity index (χ3n) is 4.89. The van der Waals surface area contributed by atoms with Crippen molar-refractivity contribution in [1.29, 1.82) is 0 Å². The summed E-state index contributed by atoms with van der Waals surface area (Å²) < 4.78 is 59.7. The fourth-order valence-corrected chi connectivity index (χ4v) is 4.01. The Kier molecular flexibility index (Phi) is 7.66. The second-order valence-electron chi connectivity index (χ2n) is 8.33. The lowest BCUT2D eigenvalue weighted by Gasteiger charge is -2.37. The summed E-state index contributed by atoms with van der Waals surface area (Å²) in [5.41, 5.74) is -0.750. The molecule has 0 aliphatic carbocycles. The maximum Gasteiger partial charge on any atom is 0.416 e. The van der Waals surface area contributed by atoms with Crippen LogP contribution in [0.25, 0.3) is 0 Å². The van der Waals surface area contributed by atoms with Crippen LogP contribution in [0.2, 0.25) is 18.1 Å². The van der Waals surface area contributed by atoms with Crippen molar-refractivity contribution < 1.29 is 21.8 Å². The Hall–Kier alpha value is -0.703. The molecule has 2 atom stereocenters. The van der Waals surface area contributed by atoms with Crippen molar-refractivity contribution in [2.75, 3.05) is 6.61 Å². The van der Waals surface area contributed by atoms with E-state index in [9.17, 15) is 17.4 Å². The molecule has 3 nitrogen and oxygen atoms in total. The summed E-state index contributed by atoms with van der Waals surface area (Å²) in [5, 5.41) is 0.0705. The fraction of sp³-hybridized carbons (Fsp3) is 0.667. The Morgan fingerprint density at radius 2 is 1.62 bits per heavy atom. The highest BCUT2D eigenvalue weighted by molar-refractivity contribution is 7.83. The molecule has 1 N–H and O–H groups in total. The summed E-state index contributed by atoms with van der Waals surface area (Å²) in [6.45, 7) is 15.2. The van der Waals surface area contributed by atoms with Crippen molar-refractivity contribution in [3.63, 3.8) is 0 Å². The minimum absolute atomic E-state index is 0.0705. The lowest BCUT2D eigenvalue weighted by Crippen LogP contribution is -2.47. The maximum absolute atomic E-state index is 12.6. The molecule has 0 amide bonds. The van der Waals surface area contributed by atoms with Crippen LogP contribution in [-0.4, -0.2) is 25.2 Å². The Bertz CT molecular complexity index is 610. The van der Waals surface area contributed by atoms with Crippen molar-refractivity contribution in [3.8, 4) is 0 Å². The summed E-state index contributed by atoms with van der Waals surface area (Å²) >= 11 is 0. The van der Waals surface area contributed by atoms with Crippen LogP contribution in [0.3, 0.4) is 0 Å². The number of benzene rings is 1. The molecule has 8 heteroatoms. The van der Waals surface area contributed by atoms with Gasteiger partial charge < -0.3 is 4.43 Å². The van der Waals surface area contributed by atoms with Crippen LogP contribution in [0.1, 0.15) is 40.2 Å². The monoisotopic (exact) mass is 409 g/mol. The number of hydrogen-bond acceptors (Lipinski definition) is 2. The zero-order valence-electron chi connectivity index (χ0n) is 16.5. The van der Waals surface area contributed by atoms with Crippen LogP contribution in [0.5, 0.6) is 0 Å². The first-order chi connectivity index (χ1) is 11.6. The zero-order chi connectivity index (χ0) is 20.3. The third-order valence-corrected chi connectivity index (χ3v) is 10.6. The van der Waals surface area contributed by atoms with Gasteiger partial charge >= 0.3 is 6.18 Å². The first-order valence-electron chi connectivity index (χ1n) is 8.64. The van der Waals surface area contributed by atoms with E-state index in [0.29, 0.717) is 11.5 Å². The summed E-state index contributed by atoms with van der Waals surface area (Å²) in [7, 11) is -3.54. The van der Waals surface area contributed by atoms with Gasteiger partial charge in [-0.25, -0.2) is 8.93 Å². The summed E-state index contributed by atoms with van der Waals surface area (Å²) in [4.78, 5) is 0.316. The van der Waals surface area contributed by atoms with E-state index in [1.165, 1.54) is 12.1 Å². The predicted molar refractivity (Wildman–Crippen MR) is 103 cm³/mol. The molecule has 0 unspecified atom stereocenters. The van der Waals surface area contributed by atoms with Gasteiger partial charge in [0.2, 0.25) is 0 Å². The Labute approximate surface area is 158 Å². The third kappa shape index (κ3) is 6.47. The molecule has 0 saturated heterocycles. The molecule has 1 rings (SSSR count). The van der Waals surface area contributed by atoms with Gasteiger partial charge in [0.15, 0.2) is 8.32 Å². The van der Waals surface area contributed by atoms with Gasteiger partial charge in [-0.05, 0) is 48.3 Å². The molecular formula is C18H30F3NO2SSi. The van der Waals surface area contributed by atoms with Crippen molar-refractivity contribution >= 4 is 19.3 Å². The second-order valence-corrected chi connectivity index (χ2v) is 14.4. The molecule has 0 aliphatic rings. The predicted octanol–water partition coefficient (Wildman–Crippen LogP) is 5.36. The van der Waals surface area contributed by atoms with Gasteiger partial charge in [0.05, 0.1) is 17.1 Å². The normalized spacial score (nSPS) is 16.0. The number of alkyl halides is 3. The van der Waals surface area contributed by atoms with Gasteiger partial charge in [0.25, 0.3) is 0 Å². The van der Waals surface area contributed by atoms with Crippen molar-refractivity contribution in [3.05, 3.63) is 29.8 Å². The van der Waals surface area contributed by atoms with Gasteiger partial charge in [-0.15, -0.1) is 0 Å². The van der Waals surface area contributed by atoms with Crippen LogP contribution in [0.4, 0.5) is 13.2 Å². The number of hydrogen-bond donors (Lipinski definition) is 1. The molecule has 0 aliphatic heterocycles. The molecule has 0 saturated carbocycles. The van der Waals surface area contributed by atoms with E-state index in [4.69, 9.17) is 4.43 Å². The molecule has 26 heavy (non-hydrogen) atoms. The lowest BCUT2D eigenvalue weighted by molar-refractivity contribution is -0.137. The highest BCUT2D eigenvalue weighted by atomic mass is 32.2. The van der Waals surface area contributed by atoms with E-state index >= 15 is 0 Å². The van der Waals surface area contributed by atoms with E-state index in [1.807, 2.05) is 13.8 Å². The summed E-state index contributed by atoms with van der Waals surface area (Å²) in [6.07, 6.45) is -4.40. The van der Waals surface area contributed by atoms with E-state index in [-0.39, 0.29) is 17.0 Å². The van der Waals surface area contributed by atoms with Gasteiger partial charge in [0, 0.05) is 6.04 Å². The van der Waals surface area contributed by atoms with E-state index < -0.39 is 31.0 Å². The first kappa shape index (κ1) is 23.3. The van der Waals surface area contributed by atoms with Crippen molar-refractivity contribution in [2.45, 2.75) is 69.9 Å². The smallest absolute Gasteiger partial charge is 0.415 e. The molecule has 0 fully saturated rings. The molecule has 1 aromatic carbocycles. The number of rotatable bonds is 7. The Morgan fingerprint density at radius 1 is 1.12 bits per heavy atom. The number of nitrogens with one attached hydrogen (secondary N) is 1. The van der Waals surface area contributed by atoms with Crippen LogP contribution >= 0.6 is 0 Å². The molecule has 0 aromatic heterocycles. The van der Waals surface area contributed by atoms with Crippen molar-refractivity contribution in [2.24, 2.45) is 5.92 Å². The molecule has 150 valence electrons. The quantitative estimate of drug-likeness (QED) is 0.615. The van der Waals surface area contributed by atoms with Gasteiger partial charge in [-0.2, -0.15) is 13.2 Å². The lowest BCUT2D eigenvalue weighted by atomic mass is 10.1. The zero-order valence-corrected chi connectivity index (χ0v) is 18.3. The standard InChI is InChI=1S/C18H30F3NO2SSi/c1-13(2)16(12-24-26(6,7)17(3,4)5)22-25(23)15-10-8-14(9-11-15)18(19,20)21/h8-11,13,16,22H,12H2,1-7H3/t16-,25-/m0/s1.